The van der Waals surface area contributed by atoms with Gasteiger partial charge in [-0.25, -0.2) is 0 Å². The summed E-state index contributed by atoms with van der Waals surface area (Å²) < 4.78 is 5.50. The lowest BCUT2D eigenvalue weighted by Gasteiger charge is -2.31. The van der Waals surface area contributed by atoms with E-state index in [1.807, 2.05) is 24.3 Å². The molecule has 0 amide bonds. The predicted molar refractivity (Wildman–Crippen MR) is 61.8 cm³/mol. The molecule has 0 saturated carbocycles. The van der Waals surface area contributed by atoms with Crippen LogP contribution < -0.4 is 0 Å². The summed E-state index contributed by atoms with van der Waals surface area (Å²) in [6, 6.07) is 9.93. The molecule has 3 heteroatoms. The SMILES string of the molecule is CC1CN(Cc2ccc(C#N)cc2)CCO1. The van der Waals surface area contributed by atoms with E-state index < -0.39 is 0 Å². The van der Waals surface area contributed by atoms with Crippen LogP contribution in [0.25, 0.3) is 0 Å². The molecule has 1 aliphatic rings. The van der Waals surface area contributed by atoms with Crippen molar-refractivity contribution in [1.29, 1.82) is 5.26 Å². The van der Waals surface area contributed by atoms with Gasteiger partial charge in [-0.2, -0.15) is 5.26 Å². The summed E-state index contributed by atoms with van der Waals surface area (Å²) in [5.74, 6) is 0. The molecule has 0 aromatic heterocycles. The maximum atomic E-state index is 8.71. The number of morpholine rings is 1. The van der Waals surface area contributed by atoms with Crippen LogP contribution in [0.15, 0.2) is 24.3 Å². The van der Waals surface area contributed by atoms with Gasteiger partial charge in [0, 0.05) is 19.6 Å². The molecule has 0 N–H and O–H groups in total. The Hall–Kier alpha value is -1.37. The van der Waals surface area contributed by atoms with E-state index in [4.69, 9.17) is 10.00 Å². The second kappa shape index (κ2) is 5.11. The van der Waals surface area contributed by atoms with E-state index in [0.717, 1.165) is 31.8 Å². The average molecular weight is 216 g/mol. The highest BCUT2D eigenvalue weighted by Crippen LogP contribution is 2.10. The lowest BCUT2D eigenvalue weighted by molar-refractivity contribution is -0.0212. The van der Waals surface area contributed by atoms with Crippen LogP contribution in [-0.2, 0) is 11.3 Å². The Morgan fingerprint density at radius 1 is 1.44 bits per heavy atom. The number of nitriles is 1. The summed E-state index contributed by atoms with van der Waals surface area (Å²) in [7, 11) is 0. The Balaban J connectivity index is 1.95. The third kappa shape index (κ3) is 2.82. The lowest BCUT2D eigenvalue weighted by atomic mass is 10.1. The second-order valence-electron chi connectivity index (χ2n) is 4.23. The van der Waals surface area contributed by atoms with Gasteiger partial charge in [-0.05, 0) is 24.6 Å². The van der Waals surface area contributed by atoms with E-state index in [0.29, 0.717) is 6.10 Å². The fourth-order valence-electron chi connectivity index (χ4n) is 1.98. The zero-order chi connectivity index (χ0) is 11.4. The van der Waals surface area contributed by atoms with Crippen LogP contribution in [0.4, 0.5) is 0 Å². The van der Waals surface area contributed by atoms with Crippen LogP contribution in [0, 0.1) is 11.3 Å². The predicted octanol–water partition coefficient (Wildman–Crippen LogP) is 1.78. The van der Waals surface area contributed by atoms with Crippen LogP contribution in [-0.4, -0.2) is 30.7 Å². The molecule has 2 rings (SSSR count). The minimum absolute atomic E-state index is 0.326. The van der Waals surface area contributed by atoms with E-state index in [1.54, 1.807) is 0 Å². The van der Waals surface area contributed by atoms with Crippen molar-refractivity contribution in [1.82, 2.24) is 4.90 Å². The number of nitrogens with zero attached hydrogens (tertiary/aromatic N) is 2. The Kier molecular flexibility index (Phi) is 3.55. The molecule has 0 spiro atoms. The van der Waals surface area contributed by atoms with Gasteiger partial charge in [0.1, 0.15) is 0 Å². The van der Waals surface area contributed by atoms with Crippen molar-refractivity contribution in [2.45, 2.75) is 19.6 Å². The summed E-state index contributed by atoms with van der Waals surface area (Å²) in [6.45, 7) is 5.84. The van der Waals surface area contributed by atoms with Crippen LogP contribution in [0.5, 0.6) is 0 Å². The third-order valence-electron chi connectivity index (χ3n) is 2.81. The van der Waals surface area contributed by atoms with E-state index in [1.165, 1.54) is 5.56 Å². The number of ether oxygens (including phenoxy) is 1. The fraction of sp³-hybridized carbons (Fsp3) is 0.462. The van der Waals surface area contributed by atoms with Gasteiger partial charge in [0.15, 0.2) is 0 Å². The number of rotatable bonds is 2. The molecule has 0 bridgehead atoms. The Labute approximate surface area is 96.2 Å². The summed E-state index contributed by atoms with van der Waals surface area (Å²) in [6.07, 6.45) is 0.326. The number of benzene rings is 1. The second-order valence-corrected chi connectivity index (χ2v) is 4.23. The Morgan fingerprint density at radius 3 is 2.81 bits per heavy atom. The standard InChI is InChI=1S/C13H16N2O/c1-11-9-15(6-7-16-11)10-13-4-2-12(8-14)3-5-13/h2-5,11H,6-7,9-10H2,1H3. The molecule has 1 aromatic rings. The highest BCUT2D eigenvalue weighted by molar-refractivity contribution is 5.31. The first-order valence-electron chi connectivity index (χ1n) is 5.61. The molecule has 3 nitrogen and oxygen atoms in total. The van der Waals surface area contributed by atoms with Gasteiger partial charge in [0.2, 0.25) is 0 Å². The fourth-order valence-corrected chi connectivity index (χ4v) is 1.98. The minimum Gasteiger partial charge on any atom is -0.376 e. The third-order valence-corrected chi connectivity index (χ3v) is 2.81. The van der Waals surface area contributed by atoms with Gasteiger partial charge < -0.3 is 4.74 Å². The van der Waals surface area contributed by atoms with E-state index >= 15 is 0 Å². The summed E-state index contributed by atoms with van der Waals surface area (Å²) in [5.41, 5.74) is 1.98. The lowest BCUT2D eigenvalue weighted by Crippen LogP contribution is -2.40. The van der Waals surface area contributed by atoms with Gasteiger partial charge in [-0.15, -0.1) is 0 Å². The smallest absolute Gasteiger partial charge is 0.0991 e. The maximum absolute atomic E-state index is 8.71. The van der Waals surface area contributed by atoms with Crippen molar-refractivity contribution in [3.8, 4) is 6.07 Å². The topological polar surface area (TPSA) is 36.3 Å². The molecule has 1 unspecified atom stereocenters. The van der Waals surface area contributed by atoms with Crippen molar-refractivity contribution in [3.05, 3.63) is 35.4 Å². The van der Waals surface area contributed by atoms with Gasteiger partial charge in [0.25, 0.3) is 0 Å². The molecule has 84 valence electrons. The van der Waals surface area contributed by atoms with Gasteiger partial charge in [0.05, 0.1) is 24.3 Å². The molecular formula is C13H16N2O. The summed E-state index contributed by atoms with van der Waals surface area (Å²) in [4.78, 5) is 2.38. The zero-order valence-corrected chi connectivity index (χ0v) is 9.52. The molecule has 0 aliphatic carbocycles. The van der Waals surface area contributed by atoms with Crippen molar-refractivity contribution >= 4 is 0 Å². The first kappa shape index (κ1) is 11.1. The van der Waals surface area contributed by atoms with Gasteiger partial charge in [-0.1, -0.05) is 12.1 Å². The largest absolute Gasteiger partial charge is 0.376 e. The average Bonchev–Trinajstić information content (AvgIpc) is 2.30. The summed E-state index contributed by atoms with van der Waals surface area (Å²) in [5, 5.41) is 8.71. The summed E-state index contributed by atoms with van der Waals surface area (Å²) >= 11 is 0. The number of hydrogen-bond donors (Lipinski definition) is 0. The van der Waals surface area contributed by atoms with Crippen LogP contribution >= 0.6 is 0 Å². The maximum Gasteiger partial charge on any atom is 0.0991 e. The highest BCUT2D eigenvalue weighted by atomic mass is 16.5. The molecule has 16 heavy (non-hydrogen) atoms. The monoisotopic (exact) mass is 216 g/mol. The molecule has 1 aliphatic heterocycles. The first-order valence-corrected chi connectivity index (χ1v) is 5.61. The molecule has 1 heterocycles. The molecule has 1 fully saturated rings. The zero-order valence-electron chi connectivity index (χ0n) is 9.52. The van der Waals surface area contributed by atoms with Crippen LogP contribution in [0.1, 0.15) is 18.1 Å². The van der Waals surface area contributed by atoms with Crippen molar-refractivity contribution in [3.63, 3.8) is 0 Å². The minimum atomic E-state index is 0.326. The molecular weight excluding hydrogens is 200 g/mol. The Bertz CT molecular complexity index is 380. The van der Waals surface area contributed by atoms with Gasteiger partial charge in [-0.3, -0.25) is 4.90 Å². The van der Waals surface area contributed by atoms with E-state index in [2.05, 4.69) is 17.9 Å². The van der Waals surface area contributed by atoms with Gasteiger partial charge >= 0.3 is 0 Å². The normalized spacial score (nSPS) is 21.6. The van der Waals surface area contributed by atoms with Crippen LogP contribution in [0.3, 0.4) is 0 Å². The van der Waals surface area contributed by atoms with Crippen LogP contribution in [0.2, 0.25) is 0 Å². The Morgan fingerprint density at radius 2 is 2.19 bits per heavy atom. The first-order chi connectivity index (χ1) is 7.78. The van der Waals surface area contributed by atoms with E-state index in [9.17, 15) is 0 Å². The van der Waals surface area contributed by atoms with Crippen molar-refractivity contribution < 1.29 is 4.74 Å². The molecule has 1 saturated heterocycles. The molecule has 1 aromatic carbocycles. The van der Waals surface area contributed by atoms with E-state index in [-0.39, 0.29) is 0 Å². The van der Waals surface area contributed by atoms with Crippen molar-refractivity contribution in [2.24, 2.45) is 0 Å². The molecule has 0 radical (unpaired) electrons. The van der Waals surface area contributed by atoms with Crippen molar-refractivity contribution in [2.75, 3.05) is 19.7 Å². The molecule has 1 atom stereocenters. The quantitative estimate of drug-likeness (QED) is 0.756. The highest BCUT2D eigenvalue weighted by Gasteiger charge is 2.16. The number of hydrogen-bond acceptors (Lipinski definition) is 3.